The molecule has 0 atom stereocenters. The van der Waals surface area contributed by atoms with Gasteiger partial charge in [-0.3, -0.25) is 29.3 Å². The molecule has 0 spiro atoms. The smallest absolute Gasteiger partial charge is 0.0755 e. The third-order valence-electron chi connectivity index (χ3n) is 29.8. The molecule has 0 aliphatic rings. The second kappa shape index (κ2) is 101. The summed E-state index contributed by atoms with van der Waals surface area (Å²) in [6.45, 7) is 136. The molecule has 0 aromatic carbocycles. The van der Waals surface area contributed by atoms with Crippen molar-refractivity contribution < 1.29 is 123 Å². The number of quaternary nitrogens is 13. The quantitative estimate of drug-likeness (QED) is 0.0605. The van der Waals surface area contributed by atoms with E-state index in [9.17, 15) is 0 Å². The molecule has 0 saturated heterocycles. The minimum absolute atomic E-state index is 0. The summed E-state index contributed by atoms with van der Waals surface area (Å²) in [5.74, 6) is 0. The van der Waals surface area contributed by atoms with Crippen LogP contribution < -0.4 is 65.0 Å². The van der Waals surface area contributed by atoms with Crippen LogP contribution in [-0.4, -0.2) is 434 Å². The Morgan fingerprint density at radius 1 is 0.0992 bits per heavy atom. The molecule has 0 aliphatic heterocycles. The molecule has 754 valence electrons. The van der Waals surface area contributed by atoms with Crippen molar-refractivity contribution in [1.29, 1.82) is 0 Å². The highest BCUT2D eigenvalue weighted by Gasteiger charge is 2.19. The first-order chi connectivity index (χ1) is 54.8. The van der Waals surface area contributed by atoms with Gasteiger partial charge in [-0.05, 0) is 270 Å². The van der Waals surface area contributed by atoms with Crippen molar-refractivity contribution in [2.24, 2.45) is 0 Å². The molecular formula is C91H234B4FN13O12. The lowest BCUT2D eigenvalue weighted by Crippen LogP contribution is -3.00. The predicted octanol–water partition coefficient (Wildman–Crippen LogP) is 0.618. The van der Waals surface area contributed by atoms with Crippen molar-refractivity contribution in [3.05, 3.63) is 0 Å². The highest BCUT2D eigenvalue weighted by molar-refractivity contribution is 6.24. The maximum Gasteiger partial charge on any atom is 0.0755 e. The van der Waals surface area contributed by atoms with Gasteiger partial charge in [-0.25, -0.2) is 0 Å². The van der Waals surface area contributed by atoms with Crippen LogP contribution in [0, 0.1) is 0 Å². The van der Waals surface area contributed by atoms with E-state index in [1.54, 1.807) is 0 Å². The summed E-state index contributed by atoms with van der Waals surface area (Å²) in [6, 6.07) is 0. The van der Waals surface area contributed by atoms with Crippen LogP contribution in [0.25, 0.3) is 0 Å². The van der Waals surface area contributed by atoms with Crippen LogP contribution in [0.15, 0.2) is 0 Å². The molecule has 0 saturated carbocycles. The van der Waals surface area contributed by atoms with Gasteiger partial charge >= 0.3 is 0 Å². The van der Waals surface area contributed by atoms with Crippen molar-refractivity contribution in [2.75, 3.05) is 347 Å². The van der Waals surface area contributed by atoms with Gasteiger partial charge in [-0.15, -0.1) is 0 Å². The maximum absolute atomic E-state index is 8.42. The first kappa shape index (κ1) is 164. The lowest BCUT2D eigenvalue weighted by atomic mass is 10.3. The van der Waals surface area contributed by atoms with Gasteiger partial charge < -0.3 is 123 Å². The summed E-state index contributed by atoms with van der Waals surface area (Å²) < 4.78 is 15.7. The maximum atomic E-state index is 8.42. The van der Waals surface area contributed by atoms with Crippen LogP contribution in [-0.2, 0) is 0 Å². The first-order valence-electron chi connectivity index (χ1n) is 48.6. The zero-order valence-corrected chi connectivity index (χ0v) is 93.0. The van der Waals surface area contributed by atoms with E-state index in [0.29, 0.717) is 0 Å². The van der Waals surface area contributed by atoms with Gasteiger partial charge in [0.2, 0.25) is 0 Å². The fourth-order valence-corrected chi connectivity index (χ4v) is 8.72. The van der Waals surface area contributed by atoms with Crippen LogP contribution >= 0.6 is 0 Å². The van der Waals surface area contributed by atoms with Gasteiger partial charge in [0, 0.05) is 0 Å². The molecule has 30 heteroatoms. The van der Waals surface area contributed by atoms with Gasteiger partial charge in [0.25, 0.3) is 0 Å². The van der Waals surface area contributed by atoms with E-state index in [1.165, 1.54) is 314 Å². The molecule has 0 unspecified atom stereocenters. The van der Waals surface area contributed by atoms with Gasteiger partial charge in [0.1, 0.15) is 0 Å². The predicted molar refractivity (Wildman–Crippen MR) is 515 cm³/mol. The molecule has 0 N–H and O–H groups in total. The number of rotatable bonds is 39. The first-order valence-corrected chi connectivity index (χ1v) is 48.6. The van der Waals surface area contributed by atoms with Crippen molar-refractivity contribution in [2.45, 2.75) is 270 Å². The molecule has 0 aliphatic carbocycles. The van der Waals surface area contributed by atoms with Gasteiger partial charge in [0.15, 0.2) is 0 Å². The van der Waals surface area contributed by atoms with E-state index in [0.717, 1.165) is 0 Å². The lowest BCUT2D eigenvalue weighted by Gasteiger charge is -2.35. The summed E-state index contributed by atoms with van der Waals surface area (Å²) in [4.78, 5) is 0. The van der Waals surface area contributed by atoms with E-state index in [4.69, 9.17) is 60.3 Å². The summed E-state index contributed by atoms with van der Waals surface area (Å²) >= 11 is 0. The highest BCUT2D eigenvalue weighted by atomic mass is 19.0. The lowest BCUT2D eigenvalue weighted by molar-refractivity contribution is -0.904. The largest absolute Gasteiger partial charge is 1.00 e. The third-order valence-corrected chi connectivity index (χ3v) is 29.8. The minimum Gasteiger partial charge on any atom is -1.00 e. The Kier molecular flexibility index (Phi) is 137. The Bertz CT molecular complexity index is 1290. The van der Waals surface area contributed by atoms with Gasteiger partial charge in [-0.1, -0.05) is 0 Å². The molecule has 0 bridgehead atoms. The zero-order valence-electron chi connectivity index (χ0n) is 93.0. The molecule has 121 heavy (non-hydrogen) atoms. The molecule has 0 radical (unpaired) electrons. The summed E-state index contributed by atoms with van der Waals surface area (Å²) in [6.07, 6.45) is 0. The third kappa shape index (κ3) is 121. The molecule has 0 amide bonds. The Balaban J connectivity index is -0.0000000584. The minimum atomic E-state index is -2.92. The van der Waals surface area contributed by atoms with Crippen LogP contribution in [0.5, 0.6) is 0 Å². The van der Waals surface area contributed by atoms with Crippen molar-refractivity contribution in [3.8, 4) is 0 Å². The fourth-order valence-electron chi connectivity index (χ4n) is 8.72. The van der Waals surface area contributed by atoms with Crippen LogP contribution in [0.2, 0.25) is 0 Å². The average molecular weight is 1770 g/mol. The normalized spacial score (nSPS) is 11.2. The van der Waals surface area contributed by atoms with Crippen LogP contribution in [0.4, 0.5) is 0 Å². The van der Waals surface area contributed by atoms with E-state index < -0.39 is 29.3 Å². The number of halogens is 1. The second-order valence-electron chi connectivity index (χ2n) is 34.5. The number of nitrogens with zero attached hydrogens (tertiary/aromatic N) is 13. The van der Waals surface area contributed by atoms with Crippen LogP contribution in [0.3, 0.4) is 0 Å². The van der Waals surface area contributed by atoms with E-state index in [-0.39, 0.29) is 4.70 Å². The second-order valence-corrected chi connectivity index (χ2v) is 34.5. The summed E-state index contributed by atoms with van der Waals surface area (Å²) in [5.41, 5.74) is 0. The SMILES string of the molecule is CC[N+](C)(CC)CC.CC[N+](C)(CC)CC.CC[N+](C)(CC)CC.CC[N+](C)(CC)CC.CC[N+](C)(CC)CC.CC[N+](C)(CC)CC.CC[N+](C)(CC)CC.CC[N+](C)(CC)CC.CC[N+](C)(CC)CC.CC[N+](C)(CC)CC.CC[N+](C)(CC)CC.CC[N+](C)(CC)CC.CC[N+](C)(CC)CC.[F-].[O-]B([O-])[O-].[O-]B([O-])[O-].[O-]B([O-])[O-].[O-]B([O-])[O-]. The topological polar surface area (TPSA) is 277 Å². The summed E-state index contributed by atoms with van der Waals surface area (Å²) in [5, 5.41) is 101. The number of hydrogen-bond donors (Lipinski definition) is 0. The Hall–Kier alpha value is -0.810. The van der Waals surface area contributed by atoms with Gasteiger partial charge in [0.05, 0.1) is 347 Å². The van der Waals surface area contributed by atoms with Crippen molar-refractivity contribution in [1.82, 2.24) is 0 Å². The number of hydrogen-bond acceptors (Lipinski definition) is 12. The highest BCUT2D eigenvalue weighted by Crippen LogP contribution is 2.06. The molecule has 0 fully saturated rings. The van der Waals surface area contributed by atoms with E-state index in [1.807, 2.05) is 0 Å². The van der Waals surface area contributed by atoms with Gasteiger partial charge in [-0.2, -0.15) is 0 Å². The van der Waals surface area contributed by atoms with Crippen molar-refractivity contribution >= 4 is 29.3 Å². The fraction of sp³-hybridized carbons (Fsp3) is 1.00. The Morgan fingerprint density at radius 3 is 0.116 bits per heavy atom. The van der Waals surface area contributed by atoms with Crippen LogP contribution in [0.1, 0.15) is 270 Å². The van der Waals surface area contributed by atoms with E-state index in [2.05, 4.69) is 362 Å². The Morgan fingerprint density at radius 2 is 0.116 bits per heavy atom. The van der Waals surface area contributed by atoms with Crippen molar-refractivity contribution in [3.63, 3.8) is 0 Å². The standard InChI is InChI=1S/13C7H18N.4BO3.FH/c13*1-5-8(4,6-2)7-3;4*2-1(3)4;/h13*5-7H2,1-4H3;;;;;1H/q13*+1;4*-3;/p-1. The molecule has 0 aromatic heterocycles. The molecule has 25 nitrogen and oxygen atoms in total. The van der Waals surface area contributed by atoms with E-state index >= 15 is 0 Å². The summed E-state index contributed by atoms with van der Waals surface area (Å²) in [7, 11) is 18.1. The monoisotopic (exact) mass is 1760 g/mol. The zero-order chi connectivity index (χ0) is 100. The molecule has 0 rings (SSSR count). The Labute approximate surface area is 765 Å². The molecular weight excluding hydrogens is 1530 g/mol. The average Bonchev–Trinajstić information content (AvgIpc) is 1.09. The molecule has 0 aromatic rings. The molecule has 0 heterocycles.